The van der Waals surface area contributed by atoms with Gasteiger partial charge in [-0.05, 0) is 90.3 Å². The lowest BCUT2D eigenvalue weighted by Gasteiger charge is -2.30. The monoisotopic (exact) mass is 1270 g/mol. The van der Waals surface area contributed by atoms with Gasteiger partial charge in [0.2, 0.25) is 76.8 Å². The van der Waals surface area contributed by atoms with Gasteiger partial charge in [-0.2, -0.15) is 0 Å². The number of amides is 13. The number of hydrogen-bond acceptors (Lipinski definition) is 16. The summed E-state index contributed by atoms with van der Waals surface area (Å²) in [4.78, 5) is 184. The zero-order chi connectivity index (χ0) is 67.2. The molecule has 2 fully saturated rings. The molecule has 32 nitrogen and oxygen atoms in total. The molecule has 0 unspecified atom stereocenters. The van der Waals surface area contributed by atoms with Crippen molar-refractivity contribution >= 4 is 93.7 Å². The SMILES string of the molecule is CC(=O)N[C@@H](CO)C(=O)N[C@@H](C)C(=O)N[C@@H](CCCN=C(N)N)C(=O)N[C@@H](Cc1c[nH]c2ccccc12)C(=O)N[C@@H](C)C(=O)N[C@@H](Cc1ccccc1)C(=O)N1CCC[C@H]1C(=O)N[C@@H](C)C(=O)N[C@@H](C)C(=O)N1CCC[C@H]1C(=O)NCC(=O)N[C@H](C(N)=O)[C@@H](C)O. The van der Waals surface area contributed by atoms with Crippen molar-refractivity contribution in [1.29, 1.82) is 0 Å². The smallest absolute Gasteiger partial charge is 0.246 e. The Morgan fingerprint density at radius 3 is 1.71 bits per heavy atom. The molecule has 496 valence electrons. The van der Waals surface area contributed by atoms with E-state index in [2.05, 4.69) is 63.1 Å². The van der Waals surface area contributed by atoms with E-state index in [0.717, 1.165) is 6.92 Å². The molecule has 2 aromatic carbocycles. The van der Waals surface area contributed by atoms with Crippen LogP contribution in [0, 0.1) is 0 Å². The minimum atomic E-state index is -1.42. The first-order chi connectivity index (χ1) is 43.1. The second kappa shape index (κ2) is 34.3. The lowest BCUT2D eigenvalue weighted by molar-refractivity contribution is -0.143. The largest absolute Gasteiger partial charge is 0.394 e. The number of guanidine groups is 1. The number of nitrogens with two attached hydrogens (primary N) is 3. The standard InChI is InChI=1S/C59H85N17O15/c1-30(49(82)69-33(4)57(90)75-23-13-20-44(75)55(88)65-28-46(80)74-47(34(5)78)48(60)81)68-56(89)45-21-14-24-76(45)58(91)42(25-36-15-8-7-9-16-36)73-51(84)32(3)66-53(86)41(26-37-27-64-39-18-11-10-17-38(37)39)72-52(85)40(19-12-22-63-59(61)62)71-50(83)31(2)67-54(87)43(29-77)70-35(6)79/h7-11,15-18,27,30-34,40-45,47,64,77-78H,12-14,19-26,28-29H2,1-6H3,(H2,60,81)(H,65,88)(H,66,86)(H,67,87)(H,68,89)(H,69,82)(H,70,79)(H,71,83)(H,72,85)(H,73,84)(H,74,80)(H4,61,62,63)/t30-,31-,32-,33-,34+,40-,41-,42-,43-,44-,45-,47-/m0/s1. The molecular formula is C59H85N17O15. The third kappa shape index (κ3) is 21.2. The summed E-state index contributed by atoms with van der Waals surface area (Å²) in [6.07, 6.45) is 1.41. The van der Waals surface area contributed by atoms with Crippen LogP contribution in [0.3, 0.4) is 0 Å². The molecule has 2 saturated heterocycles. The van der Waals surface area contributed by atoms with Crippen LogP contribution in [-0.4, -0.2) is 213 Å². The minimum absolute atomic E-state index is 0.0363. The quantitative estimate of drug-likeness (QED) is 0.0157. The van der Waals surface area contributed by atoms with Crippen LogP contribution in [0.5, 0.6) is 0 Å². The summed E-state index contributed by atoms with van der Waals surface area (Å²) in [6.45, 7) is 6.73. The van der Waals surface area contributed by atoms with Gasteiger partial charge >= 0.3 is 0 Å². The summed E-state index contributed by atoms with van der Waals surface area (Å²) in [6, 6.07) is 1.72. The molecule has 13 amide bonds. The first-order valence-electron chi connectivity index (χ1n) is 29.9. The molecule has 3 aromatic rings. The fraction of sp³-hybridized carbons (Fsp3) is 0.525. The third-order valence-electron chi connectivity index (χ3n) is 15.3. The normalized spacial score (nSPS) is 17.7. The molecule has 32 heteroatoms. The van der Waals surface area contributed by atoms with Gasteiger partial charge < -0.3 is 95.4 Å². The number of aromatic nitrogens is 1. The number of aliphatic hydroxyl groups excluding tert-OH is 2. The first-order valence-corrected chi connectivity index (χ1v) is 29.9. The van der Waals surface area contributed by atoms with E-state index in [4.69, 9.17) is 17.2 Å². The van der Waals surface area contributed by atoms with Gasteiger partial charge in [0.1, 0.15) is 66.5 Å². The zero-order valence-electron chi connectivity index (χ0n) is 51.7. The Labute approximate surface area is 524 Å². The third-order valence-corrected chi connectivity index (χ3v) is 15.3. The Morgan fingerprint density at radius 1 is 0.593 bits per heavy atom. The van der Waals surface area contributed by atoms with Gasteiger partial charge in [0.25, 0.3) is 0 Å². The molecule has 19 N–H and O–H groups in total. The maximum Gasteiger partial charge on any atom is 0.246 e. The number of nitrogens with one attached hydrogen (secondary N) is 11. The first kappa shape index (κ1) is 72.0. The van der Waals surface area contributed by atoms with E-state index in [1.807, 2.05) is 0 Å². The number of nitrogens with zero attached hydrogens (tertiary/aromatic N) is 3. The molecule has 2 aliphatic rings. The van der Waals surface area contributed by atoms with E-state index < -0.39 is 163 Å². The second-order valence-electron chi connectivity index (χ2n) is 22.5. The summed E-state index contributed by atoms with van der Waals surface area (Å²) in [5.74, 6) is -10.3. The van der Waals surface area contributed by atoms with Crippen LogP contribution in [-0.2, 0) is 75.2 Å². The zero-order valence-corrected chi connectivity index (χ0v) is 51.7. The summed E-state index contributed by atoms with van der Waals surface area (Å²) in [7, 11) is 0. The number of carbonyl (C=O) groups excluding carboxylic acids is 13. The van der Waals surface area contributed by atoms with Crippen molar-refractivity contribution in [1.82, 2.24) is 68.0 Å². The van der Waals surface area contributed by atoms with E-state index in [9.17, 15) is 72.5 Å². The summed E-state index contributed by atoms with van der Waals surface area (Å²) in [5, 5.41) is 45.3. The van der Waals surface area contributed by atoms with Crippen LogP contribution in [0.1, 0.15) is 91.2 Å². The fourth-order valence-electron chi connectivity index (χ4n) is 10.4. The van der Waals surface area contributed by atoms with E-state index in [0.29, 0.717) is 34.9 Å². The van der Waals surface area contributed by atoms with Crippen molar-refractivity contribution in [2.24, 2.45) is 22.2 Å². The van der Waals surface area contributed by atoms with Crippen molar-refractivity contribution in [2.45, 2.75) is 165 Å². The lowest BCUT2D eigenvalue weighted by atomic mass is 10.0. The van der Waals surface area contributed by atoms with E-state index >= 15 is 0 Å². The summed E-state index contributed by atoms with van der Waals surface area (Å²) >= 11 is 0. The van der Waals surface area contributed by atoms with E-state index in [1.165, 1.54) is 44.4 Å². The predicted molar refractivity (Wildman–Crippen MR) is 328 cm³/mol. The van der Waals surface area contributed by atoms with Crippen LogP contribution < -0.4 is 70.4 Å². The highest BCUT2D eigenvalue weighted by Crippen LogP contribution is 2.23. The number of aliphatic imine (C=N–C) groups is 1. The number of likely N-dealkylation sites (tertiary alicyclic amines) is 2. The average molecular weight is 1270 g/mol. The molecule has 0 radical (unpaired) electrons. The molecule has 0 aliphatic carbocycles. The highest BCUT2D eigenvalue weighted by molar-refractivity contribution is 6.00. The maximum absolute atomic E-state index is 14.7. The average Bonchev–Trinajstić information content (AvgIpc) is 1.87. The topological polar surface area (TPSA) is 495 Å². The van der Waals surface area contributed by atoms with Gasteiger partial charge in [-0.25, -0.2) is 0 Å². The number of fused-ring (bicyclic) bond motifs is 1. The van der Waals surface area contributed by atoms with Crippen molar-refractivity contribution < 1.29 is 72.5 Å². The van der Waals surface area contributed by atoms with E-state index in [1.54, 1.807) is 60.8 Å². The van der Waals surface area contributed by atoms with Gasteiger partial charge in [0.05, 0.1) is 19.3 Å². The molecule has 0 saturated carbocycles. The number of aliphatic hydroxyl groups is 2. The molecule has 5 rings (SSSR count). The number of benzene rings is 2. The molecule has 3 heterocycles. The fourth-order valence-corrected chi connectivity index (χ4v) is 10.4. The highest BCUT2D eigenvalue weighted by atomic mass is 16.3. The molecule has 91 heavy (non-hydrogen) atoms. The molecule has 1 aromatic heterocycles. The van der Waals surface area contributed by atoms with Crippen LogP contribution in [0.4, 0.5) is 0 Å². The Bertz CT molecular complexity index is 3160. The van der Waals surface area contributed by atoms with Crippen LogP contribution in [0.15, 0.2) is 65.8 Å². The molecule has 0 bridgehead atoms. The Morgan fingerprint density at radius 2 is 1.12 bits per heavy atom. The number of rotatable bonds is 32. The number of carbonyl (C=O) groups is 13. The van der Waals surface area contributed by atoms with Crippen molar-refractivity contribution in [3.63, 3.8) is 0 Å². The van der Waals surface area contributed by atoms with Crippen molar-refractivity contribution in [3.05, 3.63) is 71.9 Å². The number of primary amides is 1. The van der Waals surface area contributed by atoms with E-state index in [-0.39, 0.29) is 64.1 Å². The van der Waals surface area contributed by atoms with Gasteiger partial charge in [-0.15, -0.1) is 0 Å². The van der Waals surface area contributed by atoms with Crippen molar-refractivity contribution in [2.75, 3.05) is 32.8 Å². The maximum atomic E-state index is 14.7. The Hall–Kier alpha value is -9.72. The molecule has 12 atom stereocenters. The number of aromatic amines is 1. The van der Waals surface area contributed by atoms with Gasteiger partial charge in [-0.3, -0.25) is 67.3 Å². The second-order valence-corrected chi connectivity index (χ2v) is 22.5. The van der Waals surface area contributed by atoms with Crippen molar-refractivity contribution in [3.8, 4) is 0 Å². The Balaban J connectivity index is 1.27. The van der Waals surface area contributed by atoms with Gasteiger partial charge in [-0.1, -0.05) is 48.5 Å². The molecular weight excluding hydrogens is 1190 g/mol. The summed E-state index contributed by atoms with van der Waals surface area (Å²) in [5.41, 5.74) is 18.2. The molecule has 2 aliphatic heterocycles. The predicted octanol–water partition coefficient (Wildman–Crippen LogP) is -5.57. The number of para-hydroxylation sites is 1. The molecule has 0 spiro atoms. The number of hydrogen-bond donors (Lipinski definition) is 16. The van der Waals surface area contributed by atoms with Crippen LogP contribution in [0.2, 0.25) is 0 Å². The van der Waals surface area contributed by atoms with Crippen LogP contribution in [0.25, 0.3) is 10.9 Å². The van der Waals surface area contributed by atoms with Gasteiger partial charge in [0, 0.05) is 56.5 Å². The Kier molecular flexibility index (Phi) is 27.2. The minimum Gasteiger partial charge on any atom is -0.394 e. The summed E-state index contributed by atoms with van der Waals surface area (Å²) < 4.78 is 0. The number of H-pyrrole nitrogens is 1. The van der Waals surface area contributed by atoms with Crippen LogP contribution >= 0.6 is 0 Å². The van der Waals surface area contributed by atoms with Gasteiger partial charge in [0.15, 0.2) is 5.96 Å². The highest BCUT2D eigenvalue weighted by Gasteiger charge is 2.41. The lowest BCUT2D eigenvalue weighted by Crippen LogP contribution is -2.60.